The first-order chi connectivity index (χ1) is 11.9. The van der Waals surface area contributed by atoms with Gasteiger partial charge < -0.3 is 19.7 Å². The van der Waals surface area contributed by atoms with Crippen molar-refractivity contribution < 1.29 is 19.1 Å². The summed E-state index contributed by atoms with van der Waals surface area (Å²) in [7, 11) is 3.18. The van der Waals surface area contributed by atoms with Crippen LogP contribution in [0.15, 0.2) is 18.2 Å². The summed E-state index contributed by atoms with van der Waals surface area (Å²) >= 11 is 0. The van der Waals surface area contributed by atoms with Gasteiger partial charge in [-0.3, -0.25) is 9.59 Å². The number of rotatable bonds is 6. The van der Waals surface area contributed by atoms with Crippen molar-refractivity contribution in [2.75, 3.05) is 33.9 Å². The minimum Gasteiger partial charge on any atom is -0.493 e. The molecule has 1 heterocycles. The first-order valence-electron chi connectivity index (χ1n) is 8.63. The van der Waals surface area contributed by atoms with E-state index in [2.05, 4.69) is 19.2 Å². The molecule has 2 rings (SSSR count). The number of nitrogens with zero attached hydrogens (tertiary/aromatic N) is 1. The van der Waals surface area contributed by atoms with E-state index in [-0.39, 0.29) is 23.7 Å². The summed E-state index contributed by atoms with van der Waals surface area (Å²) in [5.74, 6) is 1.16. The van der Waals surface area contributed by atoms with E-state index in [1.54, 1.807) is 19.1 Å². The maximum Gasteiger partial charge on any atom is 0.225 e. The maximum absolute atomic E-state index is 12.7. The summed E-state index contributed by atoms with van der Waals surface area (Å²) < 4.78 is 10.9. The lowest BCUT2D eigenvalue weighted by molar-refractivity contribution is -0.128. The van der Waals surface area contributed by atoms with E-state index in [0.717, 1.165) is 5.56 Å². The maximum atomic E-state index is 12.7. The standard InChI is InChI=1S/C19H28N2O4/c1-12(2)9-20-19(23)16-11-21(13(3)22)10-15(16)14-7-6-8-17(24-4)18(14)25-5/h6-8,12,15-16H,9-11H2,1-5H3,(H,20,23). The molecule has 1 aliphatic rings. The molecule has 138 valence electrons. The largest absolute Gasteiger partial charge is 0.493 e. The number of likely N-dealkylation sites (tertiary alicyclic amines) is 1. The Labute approximate surface area is 149 Å². The molecule has 25 heavy (non-hydrogen) atoms. The molecule has 6 nitrogen and oxygen atoms in total. The van der Waals surface area contributed by atoms with Gasteiger partial charge in [0.2, 0.25) is 11.8 Å². The molecule has 2 unspecified atom stereocenters. The van der Waals surface area contributed by atoms with Crippen molar-refractivity contribution in [1.29, 1.82) is 0 Å². The second kappa shape index (κ2) is 8.23. The van der Waals surface area contributed by atoms with Crippen molar-refractivity contribution in [2.24, 2.45) is 11.8 Å². The van der Waals surface area contributed by atoms with E-state index >= 15 is 0 Å². The van der Waals surface area contributed by atoms with E-state index < -0.39 is 0 Å². The molecular formula is C19H28N2O4. The van der Waals surface area contributed by atoms with Gasteiger partial charge in [-0.15, -0.1) is 0 Å². The lowest BCUT2D eigenvalue weighted by atomic mass is 9.87. The van der Waals surface area contributed by atoms with Crippen molar-refractivity contribution in [2.45, 2.75) is 26.7 Å². The molecule has 6 heteroatoms. The first kappa shape index (κ1) is 19.1. The van der Waals surface area contributed by atoms with E-state index in [4.69, 9.17) is 9.47 Å². The summed E-state index contributed by atoms with van der Waals surface area (Å²) in [6, 6.07) is 5.66. The van der Waals surface area contributed by atoms with Gasteiger partial charge in [-0.2, -0.15) is 0 Å². The van der Waals surface area contributed by atoms with Crippen LogP contribution in [0.5, 0.6) is 11.5 Å². The average Bonchev–Trinajstić information content (AvgIpc) is 3.04. The molecule has 0 spiro atoms. The number of para-hydroxylation sites is 1. The Morgan fingerprint density at radius 2 is 1.96 bits per heavy atom. The van der Waals surface area contributed by atoms with Crippen LogP contribution in [-0.2, 0) is 9.59 Å². The van der Waals surface area contributed by atoms with Gasteiger partial charge in [-0.05, 0) is 12.0 Å². The molecule has 1 aromatic rings. The van der Waals surface area contributed by atoms with E-state index in [9.17, 15) is 9.59 Å². The monoisotopic (exact) mass is 348 g/mol. The first-order valence-corrected chi connectivity index (χ1v) is 8.63. The van der Waals surface area contributed by atoms with Gasteiger partial charge >= 0.3 is 0 Å². The van der Waals surface area contributed by atoms with Crippen molar-refractivity contribution in [3.8, 4) is 11.5 Å². The fourth-order valence-corrected chi connectivity index (χ4v) is 3.28. The smallest absolute Gasteiger partial charge is 0.225 e. The normalized spacial score (nSPS) is 19.8. The van der Waals surface area contributed by atoms with Crippen LogP contribution in [0.25, 0.3) is 0 Å². The number of carbonyl (C=O) groups is 2. The highest BCUT2D eigenvalue weighted by Gasteiger charge is 2.41. The van der Waals surface area contributed by atoms with Gasteiger partial charge in [0.05, 0.1) is 20.1 Å². The highest BCUT2D eigenvalue weighted by atomic mass is 16.5. The number of carbonyl (C=O) groups excluding carboxylic acids is 2. The Balaban J connectivity index is 2.35. The molecule has 1 N–H and O–H groups in total. The minimum atomic E-state index is -0.302. The van der Waals surface area contributed by atoms with Gasteiger partial charge in [0.25, 0.3) is 0 Å². The topological polar surface area (TPSA) is 67.9 Å². The molecule has 1 aromatic carbocycles. The van der Waals surface area contributed by atoms with Gasteiger partial charge in [-0.25, -0.2) is 0 Å². The van der Waals surface area contributed by atoms with Crippen LogP contribution in [0.1, 0.15) is 32.3 Å². The lowest BCUT2D eigenvalue weighted by Crippen LogP contribution is -2.37. The number of amides is 2. The molecule has 1 saturated heterocycles. The van der Waals surface area contributed by atoms with E-state index in [0.29, 0.717) is 37.1 Å². The second-order valence-electron chi connectivity index (χ2n) is 6.86. The number of hydrogen-bond acceptors (Lipinski definition) is 4. The molecule has 2 amide bonds. The van der Waals surface area contributed by atoms with Crippen LogP contribution in [0.2, 0.25) is 0 Å². The molecule has 2 atom stereocenters. The molecule has 0 radical (unpaired) electrons. The Kier molecular flexibility index (Phi) is 6.28. The molecule has 0 aromatic heterocycles. The van der Waals surface area contributed by atoms with Crippen molar-refractivity contribution in [3.63, 3.8) is 0 Å². The molecule has 0 aliphatic carbocycles. The second-order valence-corrected chi connectivity index (χ2v) is 6.86. The number of benzene rings is 1. The molecule has 1 fully saturated rings. The van der Waals surface area contributed by atoms with Crippen molar-refractivity contribution >= 4 is 11.8 Å². The fraction of sp³-hybridized carbons (Fsp3) is 0.579. The number of nitrogens with one attached hydrogen (secondary N) is 1. The van der Waals surface area contributed by atoms with Crippen molar-refractivity contribution in [3.05, 3.63) is 23.8 Å². The summed E-state index contributed by atoms with van der Waals surface area (Å²) in [6.07, 6.45) is 0. The van der Waals surface area contributed by atoms with Crippen LogP contribution >= 0.6 is 0 Å². The van der Waals surface area contributed by atoms with Crippen LogP contribution in [0, 0.1) is 11.8 Å². The number of methoxy groups -OCH3 is 2. The van der Waals surface area contributed by atoms with Gasteiger partial charge in [-0.1, -0.05) is 26.0 Å². The van der Waals surface area contributed by atoms with Crippen LogP contribution < -0.4 is 14.8 Å². The average molecular weight is 348 g/mol. The third-order valence-electron chi connectivity index (χ3n) is 4.62. The summed E-state index contributed by atoms with van der Waals surface area (Å²) in [4.78, 5) is 26.3. The minimum absolute atomic E-state index is 0.0210. The van der Waals surface area contributed by atoms with E-state index in [1.807, 2.05) is 18.2 Å². The molecule has 1 aliphatic heterocycles. The zero-order valence-corrected chi connectivity index (χ0v) is 15.7. The highest BCUT2D eigenvalue weighted by Crippen LogP contribution is 2.41. The zero-order chi connectivity index (χ0) is 18.6. The Morgan fingerprint density at radius 1 is 1.24 bits per heavy atom. The quantitative estimate of drug-likeness (QED) is 0.854. The predicted octanol–water partition coefficient (Wildman–Crippen LogP) is 2.04. The van der Waals surface area contributed by atoms with Crippen molar-refractivity contribution in [1.82, 2.24) is 10.2 Å². The fourth-order valence-electron chi connectivity index (χ4n) is 3.28. The summed E-state index contributed by atoms with van der Waals surface area (Å²) in [5.41, 5.74) is 0.898. The van der Waals surface area contributed by atoms with Gasteiger partial charge in [0, 0.05) is 38.0 Å². The van der Waals surface area contributed by atoms with Crippen LogP contribution in [0.4, 0.5) is 0 Å². The van der Waals surface area contributed by atoms with Crippen LogP contribution in [0.3, 0.4) is 0 Å². The third-order valence-corrected chi connectivity index (χ3v) is 4.62. The molecular weight excluding hydrogens is 320 g/mol. The Hall–Kier alpha value is -2.24. The number of ether oxygens (including phenoxy) is 2. The Morgan fingerprint density at radius 3 is 2.52 bits per heavy atom. The Bertz CT molecular complexity index is 630. The summed E-state index contributed by atoms with van der Waals surface area (Å²) in [6.45, 7) is 7.19. The van der Waals surface area contributed by atoms with Crippen LogP contribution in [-0.4, -0.2) is 50.6 Å². The lowest BCUT2D eigenvalue weighted by Gasteiger charge is -2.22. The molecule has 0 bridgehead atoms. The van der Waals surface area contributed by atoms with E-state index in [1.165, 1.54) is 6.92 Å². The zero-order valence-electron chi connectivity index (χ0n) is 15.7. The SMILES string of the molecule is COc1cccc(C2CN(C(C)=O)CC2C(=O)NCC(C)C)c1OC. The van der Waals surface area contributed by atoms with Gasteiger partial charge in [0.15, 0.2) is 11.5 Å². The summed E-state index contributed by atoms with van der Waals surface area (Å²) in [5, 5.41) is 3.00. The third kappa shape index (κ3) is 4.24. The highest BCUT2D eigenvalue weighted by molar-refractivity contribution is 5.83. The predicted molar refractivity (Wildman–Crippen MR) is 95.9 cm³/mol. The van der Waals surface area contributed by atoms with Gasteiger partial charge in [0.1, 0.15) is 0 Å². The number of hydrogen-bond donors (Lipinski definition) is 1. The molecule has 0 saturated carbocycles.